The largest absolute Gasteiger partial charge is 0.385 e. The van der Waals surface area contributed by atoms with Gasteiger partial charge in [-0.05, 0) is 45.0 Å². The Kier molecular flexibility index (Phi) is 3.45. The molecular formula is C13H17F2NO. The molecular weight excluding hydrogens is 224 g/mol. The lowest BCUT2D eigenvalue weighted by atomic mass is 9.86. The number of halogens is 2. The Morgan fingerprint density at radius 1 is 1.18 bits per heavy atom. The molecule has 0 aromatic heterocycles. The number of hydrogen-bond donors (Lipinski definition) is 1. The van der Waals surface area contributed by atoms with Gasteiger partial charge < -0.3 is 10.0 Å². The summed E-state index contributed by atoms with van der Waals surface area (Å²) in [4.78, 5) is 2.07. The van der Waals surface area contributed by atoms with Crippen LogP contribution in [0.5, 0.6) is 0 Å². The first-order valence-electron chi connectivity index (χ1n) is 5.88. The lowest BCUT2D eigenvalue weighted by molar-refractivity contribution is 0.0148. The summed E-state index contributed by atoms with van der Waals surface area (Å²) in [6.07, 6.45) is 1.50. The maximum atomic E-state index is 13.7. The Labute approximate surface area is 99.9 Å². The lowest BCUT2D eigenvalue weighted by Gasteiger charge is -2.27. The van der Waals surface area contributed by atoms with Gasteiger partial charge in [0.05, 0.1) is 11.2 Å². The van der Waals surface area contributed by atoms with Crippen molar-refractivity contribution in [2.24, 2.45) is 0 Å². The molecule has 1 aromatic carbocycles. The Bertz CT molecular complexity index is 390. The van der Waals surface area contributed by atoms with Crippen LogP contribution < -0.4 is 0 Å². The minimum atomic E-state index is -1.37. The van der Waals surface area contributed by atoms with Crippen molar-refractivity contribution in [3.8, 4) is 0 Å². The molecule has 2 nitrogen and oxygen atoms in total. The van der Waals surface area contributed by atoms with E-state index in [4.69, 9.17) is 0 Å². The van der Waals surface area contributed by atoms with Crippen LogP contribution in [-0.4, -0.2) is 30.1 Å². The minimum Gasteiger partial charge on any atom is -0.385 e. The minimum absolute atomic E-state index is 0.171. The van der Waals surface area contributed by atoms with Gasteiger partial charge in [-0.2, -0.15) is 0 Å². The van der Waals surface area contributed by atoms with E-state index in [1.54, 1.807) is 0 Å². The fourth-order valence-corrected chi connectivity index (χ4v) is 2.45. The monoisotopic (exact) mass is 241 g/mol. The Balaban J connectivity index is 2.36. The molecule has 1 aromatic rings. The molecule has 1 aliphatic heterocycles. The molecule has 1 aliphatic rings. The van der Waals surface area contributed by atoms with E-state index >= 15 is 0 Å². The van der Waals surface area contributed by atoms with Gasteiger partial charge in [0.2, 0.25) is 0 Å². The maximum Gasteiger partial charge on any atom is 0.132 e. The van der Waals surface area contributed by atoms with Crippen LogP contribution in [0.4, 0.5) is 8.78 Å². The summed E-state index contributed by atoms with van der Waals surface area (Å²) in [7, 11) is 1.95. The van der Waals surface area contributed by atoms with Crippen molar-refractivity contribution in [3.63, 3.8) is 0 Å². The van der Waals surface area contributed by atoms with Crippen LogP contribution in [0.2, 0.25) is 0 Å². The van der Waals surface area contributed by atoms with Crippen LogP contribution in [0.1, 0.15) is 24.8 Å². The predicted molar refractivity (Wildman–Crippen MR) is 61.6 cm³/mol. The Morgan fingerprint density at radius 3 is 2.47 bits per heavy atom. The molecule has 0 aliphatic carbocycles. The molecule has 4 heteroatoms. The molecule has 1 N–H and O–H groups in total. The highest BCUT2D eigenvalue weighted by Gasteiger charge is 2.36. The molecule has 2 rings (SSSR count). The van der Waals surface area contributed by atoms with Crippen molar-refractivity contribution in [2.45, 2.75) is 24.9 Å². The van der Waals surface area contributed by atoms with E-state index in [2.05, 4.69) is 4.90 Å². The Morgan fingerprint density at radius 2 is 1.82 bits per heavy atom. The second-order valence-electron chi connectivity index (χ2n) is 4.79. The van der Waals surface area contributed by atoms with Gasteiger partial charge in [0.25, 0.3) is 0 Å². The second-order valence-corrected chi connectivity index (χ2v) is 4.79. The molecule has 0 saturated carbocycles. The Hall–Kier alpha value is -1.00. The third kappa shape index (κ3) is 2.48. The van der Waals surface area contributed by atoms with Crippen molar-refractivity contribution in [3.05, 3.63) is 35.4 Å². The molecule has 17 heavy (non-hydrogen) atoms. The van der Waals surface area contributed by atoms with Gasteiger partial charge >= 0.3 is 0 Å². The molecule has 1 heterocycles. The smallest absolute Gasteiger partial charge is 0.132 e. The van der Waals surface area contributed by atoms with Crippen LogP contribution >= 0.6 is 0 Å². The number of benzene rings is 1. The summed E-state index contributed by atoms with van der Waals surface area (Å²) in [5.74, 6) is -1.31. The molecule has 1 saturated heterocycles. The number of hydrogen-bond acceptors (Lipinski definition) is 2. The lowest BCUT2D eigenvalue weighted by Crippen LogP contribution is -2.30. The maximum absolute atomic E-state index is 13.7. The van der Waals surface area contributed by atoms with Gasteiger partial charge in [-0.3, -0.25) is 0 Å². The van der Waals surface area contributed by atoms with E-state index < -0.39 is 17.2 Å². The average Bonchev–Trinajstić information content (AvgIpc) is 2.41. The molecule has 1 fully saturated rings. The van der Waals surface area contributed by atoms with Gasteiger partial charge in [0.15, 0.2) is 0 Å². The van der Waals surface area contributed by atoms with Gasteiger partial charge in [0, 0.05) is 6.54 Å². The van der Waals surface area contributed by atoms with E-state index in [1.807, 2.05) is 7.05 Å². The molecule has 0 bridgehead atoms. The molecule has 94 valence electrons. The topological polar surface area (TPSA) is 23.5 Å². The number of nitrogens with zero attached hydrogens (tertiary/aromatic N) is 1. The first-order chi connectivity index (χ1) is 8.03. The molecule has 1 atom stereocenters. The second kappa shape index (κ2) is 4.70. The van der Waals surface area contributed by atoms with E-state index in [-0.39, 0.29) is 5.56 Å². The van der Waals surface area contributed by atoms with Crippen LogP contribution in [0.15, 0.2) is 18.2 Å². The summed E-state index contributed by atoms with van der Waals surface area (Å²) in [6.45, 7) is 1.49. The first kappa shape index (κ1) is 12.5. The van der Waals surface area contributed by atoms with Gasteiger partial charge in [-0.25, -0.2) is 8.78 Å². The van der Waals surface area contributed by atoms with Gasteiger partial charge in [-0.15, -0.1) is 0 Å². The third-order valence-electron chi connectivity index (χ3n) is 3.47. The molecule has 1 unspecified atom stereocenters. The van der Waals surface area contributed by atoms with E-state index in [0.717, 1.165) is 13.0 Å². The standard InChI is InChI=1S/C13H17F2NO/c1-16-8-3-6-13(17,7-9-16)12-10(14)4-2-5-11(12)15/h2,4-5,17H,3,6-9H2,1H3. The number of aliphatic hydroxyl groups is 1. The van der Waals surface area contributed by atoms with Crippen molar-refractivity contribution < 1.29 is 13.9 Å². The SMILES string of the molecule is CN1CCCC(O)(c2c(F)cccc2F)CC1. The quantitative estimate of drug-likeness (QED) is 0.815. The van der Waals surface area contributed by atoms with Crippen molar-refractivity contribution in [2.75, 3.05) is 20.1 Å². The summed E-state index contributed by atoms with van der Waals surface area (Å²) in [5, 5.41) is 10.5. The van der Waals surface area contributed by atoms with Crippen molar-refractivity contribution in [1.82, 2.24) is 4.90 Å². The van der Waals surface area contributed by atoms with Gasteiger partial charge in [0.1, 0.15) is 11.6 Å². The third-order valence-corrected chi connectivity index (χ3v) is 3.47. The first-order valence-corrected chi connectivity index (χ1v) is 5.88. The highest BCUT2D eigenvalue weighted by Crippen LogP contribution is 2.35. The zero-order chi connectivity index (χ0) is 12.5. The van der Waals surface area contributed by atoms with Crippen LogP contribution in [-0.2, 0) is 5.60 Å². The summed E-state index contributed by atoms with van der Waals surface area (Å²) in [6, 6.07) is 3.72. The zero-order valence-electron chi connectivity index (χ0n) is 9.92. The molecule has 0 radical (unpaired) electrons. The van der Waals surface area contributed by atoms with Crippen LogP contribution in [0, 0.1) is 11.6 Å². The molecule has 0 amide bonds. The number of likely N-dealkylation sites (tertiary alicyclic amines) is 1. The fourth-order valence-electron chi connectivity index (χ4n) is 2.45. The van der Waals surface area contributed by atoms with E-state index in [0.29, 0.717) is 19.4 Å². The molecule has 0 spiro atoms. The van der Waals surface area contributed by atoms with Crippen LogP contribution in [0.25, 0.3) is 0 Å². The summed E-state index contributed by atoms with van der Waals surface area (Å²) in [5.41, 5.74) is -1.55. The predicted octanol–water partition coefficient (Wildman–Crippen LogP) is 2.27. The summed E-state index contributed by atoms with van der Waals surface area (Å²) < 4.78 is 27.4. The van der Waals surface area contributed by atoms with Crippen molar-refractivity contribution in [1.29, 1.82) is 0 Å². The van der Waals surface area contributed by atoms with Crippen LogP contribution in [0.3, 0.4) is 0 Å². The zero-order valence-corrected chi connectivity index (χ0v) is 9.92. The normalized spacial score (nSPS) is 26.8. The van der Waals surface area contributed by atoms with Crippen molar-refractivity contribution >= 4 is 0 Å². The summed E-state index contributed by atoms with van der Waals surface area (Å²) >= 11 is 0. The number of rotatable bonds is 1. The highest BCUT2D eigenvalue weighted by molar-refractivity contribution is 5.26. The van der Waals surface area contributed by atoms with E-state index in [1.165, 1.54) is 18.2 Å². The average molecular weight is 241 g/mol. The fraction of sp³-hybridized carbons (Fsp3) is 0.538. The van der Waals surface area contributed by atoms with Gasteiger partial charge in [-0.1, -0.05) is 6.07 Å². The highest BCUT2D eigenvalue weighted by atomic mass is 19.1. The van der Waals surface area contributed by atoms with E-state index in [9.17, 15) is 13.9 Å².